The Labute approximate surface area is 221 Å². The van der Waals surface area contributed by atoms with Gasteiger partial charge in [-0.3, -0.25) is 9.36 Å². The number of benzene rings is 3. The molecule has 2 N–H and O–H groups in total. The molecule has 1 aromatic heterocycles. The third-order valence-corrected chi connectivity index (χ3v) is 6.39. The molecule has 0 radical (unpaired) electrons. The summed E-state index contributed by atoms with van der Waals surface area (Å²) in [6, 6.07) is 18.9. The van der Waals surface area contributed by atoms with Crippen LogP contribution in [0, 0.1) is 12.7 Å². The van der Waals surface area contributed by atoms with Crippen molar-refractivity contribution in [3.63, 3.8) is 0 Å². The number of nitrogens with zero attached hydrogens (tertiary/aromatic N) is 4. The first-order valence-electron chi connectivity index (χ1n) is 10.8. The highest BCUT2D eigenvalue weighted by atomic mass is 35.5. The molecule has 0 unspecified atom stereocenters. The average Bonchev–Trinajstić information content (AvgIpc) is 3.25. The number of aryl methyl sites for hydroxylation is 1. The summed E-state index contributed by atoms with van der Waals surface area (Å²) in [7, 11) is 0. The molecule has 7 nitrogen and oxygen atoms in total. The van der Waals surface area contributed by atoms with Gasteiger partial charge in [0.15, 0.2) is 11.0 Å². The van der Waals surface area contributed by atoms with Crippen molar-refractivity contribution in [1.82, 2.24) is 20.2 Å². The van der Waals surface area contributed by atoms with Gasteiger partial charge in [-0.2, -0.15) is 5.10 Å². The van der Waals surface area contributed by atoms with Crippen molar-refractivity contribution in [2.24, 2.45) is 5.10 Å². The monoisotopic (exact) mass is 542 g/mol. The molecule has 0 spiro atoms. The number of nitrogens with one attached hydrogen (secondary N) is 2. The van der Waals surface area contributed by atoms with Crippen LogP contribution in [0.15, 0.2) is 77.0 Å². The first-order chi connectivity index (χ1) is 17.4. The first kappa shape index (κ1) is 25.7. The number of carbonyl (C=O) groups is 1. The maximum Gasteiger partial charge on any atom is 0.250 e. The Bertz CT molecular complexity index is 1390. The minimum Gasteiger partial charge on any atom is -0.378 e. The smallest absolute Gasteiger partial charge is 0.250 e. The van der Waals surface area contributed by atoms with Gasteiger partial charge in [-0.15, -0.1) is 10.2 Å². The zero-order valence-electron chi connectivity index (χ0n) is 19.1. The van der Waals surface area contributed by atoms with E-state index in [1.54, 1.807) is 34.9 Å². The standard InChI is InChI=1S/C25H21Cl2FN6OS/c1-16-3-2-4-20(11-16)29-14-23-31-33-25(34(23)22-10-7-18(26)12-21(22)27)36-15-24(35)32-30-13-17-5-8-19(28)9-6-17/h2-13,29H,14-15H2,1H3,(H,32,35)/b30-13+. The van der Waals surface area contributed by atoms with Crippen LogP contribution in [0.5, 0.6) is 0 Å². The summed E-state index contributed by atoms with van der Waals surface area (Å²) < 4.78 is 14.8. The van der Waals surface area contributed by atoms with Crippen LogP contribution in [0.2, 0.25) is 10.0 Å². The van der Waals surface area contributed by atoms with Crippen LogP contribution < -0.4 is 10.7 Å². The SMILES string of the molecule is Cc1cccc(NCc2nnc(SCC(=O)N/N=C/c3ccc(F)cc3)n2-c2ccc(Cl)cc2Cl)c1. The quantitative estimate of drug-likeness (QED) is 0.157. The average molecular weight is 543 g/mol. The molecule has 36 heavy (non-hydrogen) atoms. The Morgan fingerprint density at radius 1 is 1.11 bits per heavy atom. The number of amides is 1. The molecule has 0 bridgehead atoms. The van der Waals surface area contributed by atoms with E-state index in [-0.39, 0.29) is 17.5 Å². The molecule has 0 aliphatic carbocycles. The third-order valence-electron chi connectivity index (χ3n) is 4.92. The highest BCUT2D eigenvalue weighted by Gasteiger charge is 2.18. The highest BCUT2D eigenvalue weighted by Crippen LogP contribution is 2.29. The van der Waals surface area contributed by atoms with Gasteiger partial charge in [0.2, 0.25) is 0 Å². The largest absolute Gasteiger partial charge is 0.378 e. The van der Waals surface area contributed by atoms with Gasteiger partial charge in [-0.05, 0) is 60.5 Å². The maximum atomic E-state index is 13.0. The summed E-state index contributed by atoms with van der Waals surface area (Å²) in [5, 5.41) is 17.3. The van der Waals surface area contributed by atoms with Crippen LogP contribution >= 0.6 is 35.0 Å². The molecule has 11 heteroatoms. The third kappa shape index (κ3) is 6.84. The van der Waals surface area contributed by atoms with Crippen LogP contribution in [-0.4, -0.2) is 32.6 Å². The van der Waals surface area contributed by atoms with Gasteiger partial charge in [0.25, 0.3) is 5.91 Å². The fraction of sp³-hybridized carbons (Fsp3) is 0.120. The molecule has 0 aliphatic heterocycles. The number of rotatable bonds is 9. The number of aromatic nitrogens is 3. The first-order valence-corrected chi connectivity index (χ1v) is 12.5. The molecule has 3 aromatic carbocycles. The summed E-state index contributed by atoms with van der Waals surface area (Å²) in [5.41, 5.74) is 5.83. The van der Waals surface area contributed by atoms with Gasteiger partial charge in [-0.25, -0.2) is 9.82 Å². The fourth-order valence-corrected chi connectivity index (χ4v) is 4.49. The van der Waals surface area contributed by atoms with Crippen LogP contribution in [0.1, 0.15) is 17.0 Å². The lowest BCUT2D eigenvalue weighted by Crippen LogP contribution is -2.20. The number of anilines is 1. The second-order valence-electron chi connectivity index (χ2n) is 7.69. The van der Waals surface area contributed by atoms with E-state index in [9.17, 15) is 9.18 Å². The number of thioether (sulfide) groups is 1. The van der Waals surface area contributed by atoms with Crippen molar-refractivity contribution in [3.05, 3.63) is 99.5 Å². The molecule has 1 amide bonds. The van der Waals surface area contributed by atoms with E-state index in [2.05, 4.69) is 26.0 Å². The maximum absolute atomic E-state index is 13.0. The summed E-state index contributed by atoms with van der Waals surface area (Å²) in [4.78, 5) is 12.4. The Morgan fingerprint density at radius 2 is 1.92 bits per heavy atom. The summed E-state index contributed by atoms with van der Waals surface area (Å²) >= 11 is 13.8. The number of hydrogen-bond acceptors (Lipinski definition) is 6. The molecule has 1 heterocycles. The summed E-state index contributed by atoms with van der Waals surface area (Å²) in [6.07, 6.45) is 1.44. The van der Waals surface area contributed by atoms with E-state index in [1.807, 2.05) is 31.2 Å². The zero-order valence-corrected chi connectivity index (χ0v) is 21.4. The van der Waals surface area contributed by atoms with Gasteiger partial charge < -0.3 is 5.32 Å². The molecule has 4 rings (SSSR count). The lowest BCUT2D eigenvalue weighted by atomic mass is 10.2. The van der Waals surface area contributed by atoms with Crippen molar-refractivity contribution in [2.45, 2.75) is 18.6 Å². The predicted octanol–water partition coefficient (Wildman–Crippen LogP) is 5.88. The number of hydrazone groups is 1. The van der Waals surface area contributed by atoms with E-state index in [0.717, 1.165) is 11.3 Å². The zero-order chi connectivity index (χ0) is 25.5. The Kier molecular flexibility index (Phi) is 8.58. The fourth-order valence-electron chi connectivity index (χ4n) is 3.24. The molecule has 0 aliphatic rings. The predicted molar refractivity (Wildman–Crippen MR) is 143 cm³/mol. The molecule has 184 valence electrons. The van der Waals surface area contributed by atoms with Crippen LogP contribution in [0.4, 0.5) is 10.1 Å². The van der Waals surface area contributed by atoms with E-state index < -0.39 is 0 Å². The lowest BCUT2D eigenvalue weighted by molar-refractivity contribution is -0.118. The number of hydrogen-bond donors (Lipinski definition) is 2. The van der Waals surface area contributed by atoms with Crippen molar-refractivity contribution in [1.29, 1.82) is 0 Å². The van der Waals surface area contributed by atoms with Crippen molar-refractivity contribution in [3.8, 4) is 5.69 Å². The van der Waals surface area contributed by atoms with Crippen molar-refractivity contribution >= 4 is 52.8 Å². The second kappa shape index (κ2) is 12.0. The molecular formula is C25H21Cl2FN6OS. The summed E-state index contributed by atoms with van der Waals surface area (Å²) in [6.45, 7) is 2.40. The van der Waals surface area contributed by atoms with Crippen LogP contribution in [0.3, 0.4) is 0 Å². The van der Waals surface area contributed by atoms with Gasteiger partial charge in [-0.1, -0.05) is 59.2 Å². The van der Waals surface area contributed by atoms with Crippen molar-refractivity contribution < 1.29 is 9.18 Å². The molecule has 0 saturated heterocycles. The minimum atomic E-state index is -0.342. The lowest BCUT2D eigenvalue weighted by Gasteiger charge is -2.13. The minimum absolute atomic E-state index is 0.0371. The Balaban J connectivity index is 1.48. The molecule has 0 saturated carbocycles. The van der Waals surface area contributed by atoms with E-state index in [1.165, 1.54) is 30.1 Å². The van der Waals surface area contributed by atoms with E-state index >= 15 is 0 Å². The van der Waals surface area contributed by atoms with E-state index in [4.69, 9.17) is 23.2 Å². The van der Waals surface area contributed by atoms with Gasteiger partial charge in [0.1, 0.15) is 5.82 Å². The Hall–Kier alpha value is -3.40. The number of halogens is 3. The van der Waals surface area contributed by atoms with Gasteiger partial charge >= 0.3 is 0 Å². The normalized spacial score (nSPS) is 11.1. The second-order valence-corrected chi connectivity index (χ2v) is 9.47. The van der Waals surface area contributed by atoms with E-state index in [0.29, 0.717) is 38.8 Å². The molecule has 0 fully saturated rings. The molecular weight excluding hydrogens is 522 g/mol. The van der Waals surface area contributed by atoms with Gasteiger partial charge in [0, 0.05) is 10.7 Å². The Morgan fingerprint density at radius 3 is 2.67 bits per heavy atom. The number of carbonyl (C=O) groups excluding carboxylic acids is 1. The topological polar surface area (TPSA) is 84.2 Å². The van der Waals surface area contributed by atoms with Crippen molar-refractivity contribution in [2.75, 3.05) is 11.1 Å². The van der Waals surface area contributed by atoms with Crippen LogP contribution in [-0.2, 0) is 11.3 Å². The van der Waals surface area contributed by atoms with Crippen LogP contribution in [0.25, 0.3) is 5.69 Å². The summed E-state index contributed by atoms with van der Waals surface area (Å²) in [5.74, 6) is -0.0338. The highest BCUT2D eigenvalue weighted by molar-refractivity contribution is 7.99. The molecule has 4 aromatic rings. The van der Waals surface area contributed by atoms with Gasteiger partial charge in [0.05, 0.1) is 29.2 Å². The molecule has 0 atom stereocenters.